The number of carbonyl (C=O) groups excluding carboxylic acids is 2. The van der Waals surface area contributed by atoms with Crippen LogP contribution >= 0.6 is 11.6 Å². The van der Waals surface area contributed by atoms with Gasteiger partial charge in [0, 0.05) is 49.0 Å². The topological polar surface area (TPSA) is 72.9 Å². The summed E-state index contributed by atoms with van der Waals surface area (Å²) < 4.78 is 0. The van der Waals surface area contributed by atoms with Gasteiger partial charge in [-0.3, -0.25) is 14.8 Å². The molecule has 0 radical (unpaired) electrons. The number of amides is 2. The predicted octanol–water partition coefficient (Wildman–Crippen LogP) is 3.22. The highest BCUT2D eigenvalue weighted by Crippen LogP contribution is 2.19. The Kier molecular flexibility index (Phi) is 7.05. The number of rotatable bonds is 5. The largest absolute Gasteiger partial charge is 0.368 e. The molecule has 7 heteroatoms. The van der Waals surface area contributed by atoms with E-state index in [2.05, 4.69) is 4.90 Å². The SMILES string of the molecule is O=C(/C=C/c1cccc(/C=C/C(=O)N2CCN(c3ccc(Cl)cc3)CC2)c1)NO. The van der Waals surface area contributed by atoms with Gasteiger partial charge in [-0.05, 0) is 53.6 Å². The number of hydrogen-bond acceptors (Lipinski definition) is 4. The average molecular weight is 412 g/mol. The maximum Gasteiger partial charge on any atom is 0.267 e. The summed E-state index contributed by atoms with van der Waals surface area (Å²) in [5.74, 6) is -0.625. The van der Waals surface area contributed by atoms with E-state index in [1.54, 1.807) is 23.7 Å². The van der Waals surface area contributed by atoms with Crippen molar-refractivity contribution in [3.63, 3.8) is 0 Å². The molecule has 2 aromatic rings. The maximum absolute atomic E-state index is 12.5. The van der Waals surface area contributed by atoms with E-state index in [0.717, 1.165) is 29.9 Å². The van der Waals surface area contributed by atoms with Gasteiger partial charge in [-0.2, -0.15) is 0 Å². The van der Waals surface area contributed by atoms with Crippen molar-refractivity contribution >= 4 is 41.3 Å². The zero-order valence-electron chi connectivity index (χ0n) is 15.8. The van der Waals surface area contributed by atoms with E-state index in [4.69, 9.17) is 16.8 Å². The second-order valence-corrected chi connectivity index (χ2v) is 7.04. The van der Waals surface area contributed by atoms with Gasteiger partial charge in [0.2, 0.25) is 5.91 Å². The van der Waals surface area contributed by atoms with Gasteiger partial charge in [0.25, 0.3) is 5.91 Å². The molecule has 0 atom stereocenters. The molecule has 2 N–H and O–H groups in total. The average Bonchev–Trinajstić information content (AvgIpc) is 2.76. The molecule has 1 aliphatic rings. The van der Waals surface area contributed by atoms with Gasteiger partial charge >= 0.3 is 0 Å². The Hall–Kier alpha value is -3.09. The fraction of sp³-hybridized carbons (Fsp3) is 0.182. The summed E-state index contributed by atoms with van der Waals surface area (Å²) in [5.41, 5.74) is 4.29. The third-order valence-electron chi connectivity index (χ3n) is 4.65. The van der Waals surface area contributed by atoms with Crippen LogP contribution in [0.25, 0.3) is 12.2 Å². The lowest BCUT2D eigenvalue weighted by Crippen LogP contribution is -2.48. The highest BCUT2D eigenvalue weighted by atomic mass is 35.5. The lowest BCUT2D eigenvalue weighted by molar-refractivity contribution is -0.126. The standard InChI is InChI=1S/C22H22ClN3O3/c23-19-6-8-20(9-7-19)25-12-14-26(15-13-25)22(28)11-5-18-3-1-2-17(16-18)4-10-21(27)24-29/h1-11,16,29H,12-15H2,(H,24,27)/b10-4+,11-5+. The Balaban J connectivity index is 1.55. The molecule has 150 valence electrons. The maximum atomic E-state index is 12.5. The second kappa shape index (κ2) is 9.91. The number of piperazine rings is 1. The zero-order valence-corrected chi connectivity index (χ0v) is 16.5. The molecule has 0 unspecified atom stereocenters. The van der Waals surface area contributed by atoms with Crippen molar-refractivity contribution in [3.05, 3.63) is 76.8 Å². The first-order chi connectivity index (χ1) is 14.0. The van der Waals surface area contributed by atoms with Crippen LogP contribution in [0.1, 0.15) is 11.1 Å². The van der Waals surface area contributed by atoms with Crippen LogP contribution in [-0.4, -0.2) is 48.1 Å². The highest BCUT2D eigenvalue weighted by molar-refractivity contribution is 6.30. The van der Waals surface area contributed by atoms with Crippen molar-refractivity contribution in [2.75, 3.05) is 31.1 Å². The van der Waals surface area contributed by atoms with Crippen LogP contribution in [0, 0.1) is 0 Å². The van der Waals surface area contributed by atoms with Crippen LogP contribution in [0.15, 0.2) is 60.7 Å². The number of hydroxylamine groups is 1. The fourth-order valence-corrected chi connectivity index (χ4v) is 3.21. The molecule has 3 rings (SSSR count). The van der Waals surface area contributed by atoms with E-state index in [1.165, 1.54) is 6.08 Å². The number of halogens is 1. The number of hydrogen-bond donors (Lipinski definition) is 2. The van der Waals surface area contributed by atoms with E-state index in [9.17, 15) is 9.59 Å². The Morgan fingerprint density at radius 2 is 1.55 bits per heavy atom. The molecule has 1 fully saturated rings. The van der Waals surface area contributed by atoms with Gasteiger partial charge in [0.1, 0.15) is 0 Å². The minimum Gasteiger partial charge on any atom is -0.368 e. The third kappa shape index (κ3) is 5.94. The number of benzene rings is 2. The molecule has 29 heavy (non-hydrogen) atoms. The molecule has 0 aromatic heterocycles. The monoisotopic (exact) mass is 411 g/mol. The minimum absolute atomic E-state index is 0.0265. The van der Waals surface area contributed by atoms with Crippen LogP contribution in [0.5, 0.6) is 0 Å². The third-order valence-corrected chi connectivity index (χ3v) is 4.90. The van der Waals surface area contributed by atoms with Crippen molar-refractivity contribution < 1.29 is 14.8 Å². The number of anilines is 1. The molecule has 1 aliphatic heterocycles. The van der Waals surface area contributed by atoms with Crippen molar-refractivity contribution in [2.24, 2.45) is 0 Å². The Morgan fingerprint density at radius 1 is 0.931 bits per heavy atom. The molecule has 1 saturated heterocycles. The summed E-state index contributed by atoms with van der Waals surface area (Å²) in [6.45, 7) is 2.86. The van der Waals surface area contributed by atoms with E-state index in [-0.39, 0.29) is 5.91 Å². The molecule has 0 aliphatic carbocycles. The summed E-state index contributed by atoms with van der Waals surface area (Å²) >= 11 is 5.94. The van der Waals surface area contributed by atoms with Crippen molar-refractivity contribution in [1.29, 1.82) is 0 Å². The predicted molar refractivity (Wildman–Crippen MR) is 115 cm³/mol. The molecule has 2 aromatic carbocycles. The lowest BCUT2D eigenvalue weighted by Gasteiger charge is -2.35. The van der Waals surface area contributed by atoms with Gasteiger partial charge in [-0.15, -0.1) is 0 Å². The summed E-state index contributed by atoms with van der Waals surface area (Å²) in [7, 11) is 0. The van der Waals surface area contributed by atoms with Gasteiger partial charge in [0.15, 0.2) is 0 Å². The van der Waals surface area contributed by atoms with Gasteiger partial charge in [-0.25, -0.2) is 5.48 Å². The van der Waals surface area contributed by atoms with Crippen LogP contribution in [-0.2, 0) is 9.59 Å². The van der Waals surface area contributed by atoms with Gasteiger partial charge in [-0.1, -0.05) is 29.8 Å². The Bertz CT molecular complexity index is 917. The van der Waals surface area contributed by atoms with E-state index in [0.29, 0.717) is 18.1 Å². The summed E-state index contributed by atoms with van der Waals surface area (Å²) in [6.07, 6.45) is 6.15. The Morgan fingerprint density at radius 3 is 2.17 bits per heavy atom. The molecule has 6 nitrogen and oxygen atoms in total. The Labute approximate surface area is 174 Å². The first-order valence-corrected chi connectivity index (χ1v) is 9.63. The minimum atomic E-state index is -0.598. The second-order valence-electron chi connectivity index (χ2n) is 6.60. The number of carbonyl (C=O) groups is 2. The van der Waals surface area contributed by atoms with E-state index >= 15 is 0 Å². The van der Waals surface area contributed by atoms with Crippen LogP contribution < -0.4 is 10.4 Å². The molecule has 0 saturated carbocycles. The number of nitrogens with one attached hydrogen (secondary N) is 1. The van der Waals surface area contributed by atoms with E-state index in [1.807, 2.05) is 53.4 Å². The van der Waals surface area contributed by atoms with Gasteiger partial charge in [0.05, 0.1) is 0 Å². The quantitative estimate of drug-likeness (QED) is 0.450. The highest BCUT2D eigenvalue weighted by Gasteiger charge is 2.19. The lowest BCUT2D eigenvalue weighted by atomic mass is 10.1. The van der Waals surface area contributed by atoms with Crippen molar-refractivity contribution in [3.8, 4) is 0 Å². The molecule has 0 spiro atoms. The zero-order chi connectivity index (χ0) is 20.6. The molecule has 2 amide bonds. The smallest absolute Gasteiger partial charge is 0.267 e. The molecule has 0 bridgehead atoms. The van der Waals surface area contributed by atoms with Crippen LogP contribution in [0.2, 0.25) is 5.02 Å². The first kappa shape index (κ1) is 20.6. The van der Waals surface area contributed by atoms with Crippen molar-refractivity contribution in [2.45, 2.75) is 0 Å². The number of nitrogens with zero attached hydrogens (tertiary/aromatic N) is 2. The summed E-state index contributed by atoms with van der Waals surface area (Å²) in [6, 6.07) is 15.1. The summed E-state index contributed by atoms with van der Waals surface area (Å²) in [5, 5.41) is 9.23. The summed E-state index contributed by atoms with van der Waals surface area (Å²) in [4.78, 5) is 27.6. The van der Waals surface area contributed by atoms with Crippen molar-refractivity contribution in [1.82, 2.24) is 10.4 Å². The normalized spacial score (nSPS) is 14.6. The first-order valence-electron chi connectivity index (χ1n) is 9.25. The molecular weight excluding hydrogens is 390 g/mol. The molecule has 1 heterocycles. The van der Waals surface area contributed by atoms with Crippen LogP contribution in [0.4, 0.5) is 5.69 Å². The fourth-order valence-electron chi connectivity index (χ4n) is 3.09. The van der Waals surface area contributed by atoms with Crippen LogP contribution in [0.3, 0.4) is 0 Å². The molecular formula is C22H22ClN3O3. The van der Waals surface area contributed by atoms with Gasteiger partial charge < -0.3 is 9.80 Å². The van der Waals surface area contributed by atoms with E-state index < -0.39 is 5.91 Å².